The Hall–Kier alpha value is -0.930. The van der Waals surface area contributed by atoms with E-state index < -0.39 is 0 Å². The van der Waals surface area contributed by atoms with Gasteiger partial charge in [-0.3, -0.25) is 0 Å². The van der Waals surface area contributed by atoms with Crippen molar-refractivity contribution in [2.45, 2.75) is 32.2 Å². The summed E-state index contributed by atoms with van der Waals surface area (Å²) in [5.74, 6) is 0.713. The molecule has 2 rings (SSSR count). The molecule has 0 aliphatic heterocycles. The van der Waals surface area contributed by atoms with E-state index >= 15 is 0 Å². The topological polar surface area (TPSA) is 29.3 Å². The van der Waals surface area contributed by atoms with Gasteiger partial charge in [0.15, 0.2) is 0 Å². The Morgan fingerprint density at radius 2 is 2.11 bits per heavy atom. The largest absolute Gasteiger partial charge is 0.324 e. The summed E-state index contributed by atoms with van der Waals surface area (Å²) >= 11 is 0. The van der Waals surface area contributed by atoms with Crippen molar-refractivity contribution in [1.29, 1.82) is 0 Å². The third-order valence-corrected chi connectivity index (χ3v) is 3.72. The van der Waals surface area contributed by atoms with Gasteiger partial charge in [-0.25, -0.2) is 4.39 Å². The molecule has 1 atom stereocenters. The minimum atomic E-state index is -0.195. The molecule has 1 saturated carbocycles. The van der Waals surface area contributed by atoms with E-state index in [0.29, 0.717) is 5.56 Å². The van der Waals surface area contributed by atoms with Crippen molar-refractivity contribution in [3.8, 4) is 0 Å². The molecule has 1 unspecified atom stereocenters. The van der Waals surface area contributed by atoms with Crippen molar-refractivity contribution in [2.24, 2.45) is 11.7 Å². The Kier molecular flexibility index (Phi) is 4.72. The molecule has 2 nitrogen and oxygen atoms in total. The zero-order valence-electron chi connectivity index (χ0n) is 11.1. The fourth-order valence-corrected chi connectivity index (χ4v) is 2.30. The van der Waals surface area contributed by atoms with Crippen LogP contribution in [0.3, 0.4) is 0 Å². The molecule has 0 bridgehead atoms. The molecule has 0 spiro atoms. The number of hydrogen-bond donors (Lipinski definition) is 1. The summed E-state index contributed by atoms with van der Waals surface area (Å²) in [6.45, 7) is 5.38. The zero-order chi connectivity index (χ0) is 13.0. The number of halogens is 1. The summed E-state index contributed by atoms with van der Waals surface area (Å²) in [7, 11) is 0. The van der Waals surface area contributed by atoms with Crippen LogP contribution in [-0.4, -0.2) is 24.5 Å². The first-order valence-electron chi connectivity index (χ1n) is 6.93. The third-order valence-electron chi connectivity index (χ3n) is 3.72. The second-order valence-corrected chi connectivity index (χ2v) is 5.25. The Labute approximate surface area is 109 Å². The fourth-order valence-electron chi connectivity index (χ4n) is 2.30. The molecule has 0 heterocycles. The molecule has 0 radical (unpaired) electrons. The van der Waals surface area contributed by atoms with Gasteiger partial charge >= 0.3 is 0 Å². The van der Waals surface area contributed by atoms with Crippen LogP contribution >= 0.6 is 0 Å². The van der Waals surface area contributed by atoms with Gasteiger partial charge in [-0.2, -0.15) is 0 Å². The van der Waals surface area contributed by atoms with Crippen LogP contribution in [0.5, 0.6) is 0 Å². The van der Waals surface area contributed by atoms with Crippen LogP contribution in [0.2, 0.25) is 0 Å². The molecule has 0 saturated heterocycles. The standard InChI is InChI=1S/C15H23FN2/c1-2-18(11-12-7-8-12)10-9-15(17)13-5-3-4-6-14(13)16/h3-6,12,15H,2,7-11,17H2,1H3. The molecule has 100 valence electrons. The van der Waals surface area contributed by atoms with Gasteiger partial charge in [-0.1, -0.05) is 25.1 Å². The molecule has 1 fully saturated rings. The molecule has 3 heteroatoms. The van der Waals surface area contributed by atoms with Gasteiger partial charge in [-0.05, 0) is 44.3 Å². The van der Waals surface area contributed by atoms with Crippen molar-refractivity contribution in [2.75, 3.05) is 19.6 Å². The van der Waals surface area contributed by atoms with Gasteiger partial charge in [0.05, 0.1) is 0 Å². The van der Waals surface area contributed by atoms with Gasteiger partial charge in [0, 0.05) is 18.2 Å². The molecule has 1 aromatic carbocycles. The fraction of sp³-hybridized carbons (Fsp3) is 0.600. The second-order valence-electron chi connectivity index (χ2n) is 5.25. The number of rotatable bonds is 7. The predicted molar refractivity (Wildman–Crippen MR) is 72.8 cm³/mol. The highest BCUT2D eigenvalue weighted by Gasteiger charge is 2.23. The van der Waals surface area contributed by atoms with Crippen LogP contribution in [0, 0.1) is 11.7 Å². The van der Waals surface area contributed by atoms with Crippen molar-refractivity contribution in [1.82, 2.24) is 4.90 Å². The van der Waals surface area contributed by atoms with Crippen molar-refractivity contribution < 1.29 is 4.39 Å². The van der Waals surface area contributed by atoms with E-state index in [-0.39, 0.29) is 11.9 Å². The Bertz CT molecular complexity index is 377. The highest BCUT2D eigenvalue weighted by Crippen LogP contribution is 2.30. The maximum Gasteiger partial charge on any atom is 0.127 e. The first-order chi connectivity index (χ1) is 8.70. The van der Waals surface area contributed by atoms with Crippen molar-refractivity contribution >= 4 is 0 Å². The minimum absolute atomic E-state index is 0.185. The third kappa shape index (κ3) is 3.79. The summed E-state index contributed by atoms with van der Waals surface area (Å²) in [4.78, 5) is 2.43. The van der Waals surface area contributed by atoms with Gasteiger partial charge in [0.2, 0.25) is 0 Å². The summed E-state index contributed by atoms with van der Waals surface area (Å²) in [5.41, 5.74) is 6.72. The monoisotopic (exact) mass is 250 g/mol. The SMILES string of the molecule is CCN(CCC(N)c1ccccc1F)CC1CC1. The van der Waals surface area contributed by atoms with Crippen LogP contribution in [0.1, 0.15) is 37.8 Å². The lowest BCUT2D eigenvalue weighted by molar-refractivity contribution is 0.265. The van der Waals surface area contributed by atoms with E-state index in [1.165, 1.54) is 25.5 Å². The lowest BCUT2D eigenvalue weighted by atomic mass is 10.0. The molecule has 1 aliphatic rings. The molecular formula is C15H23FN2. The van der Waals surface area contributed by atoms with Crippen LogP contribution < -0.4 is 5.73 Å². The van der Waals surface area contributed by atoms with Crippen LogP contribution in [0.4, 0.5) is 4.39 Å². The highest BCUT2D eigenvalue weighted by atomic mass is 19.1. The molecule has 2 N–H and O–H groups in total. The molecular weight excluding hydrogens is 227 g/mol. The highest BCUT2D eigenvalue weighted by molar-refractivity contribution is 5.20. The summed E-state index contributed by atoms with van der Waals surface area (Å²) in [6, 6.07) is 6.63. The van der Waals surface area contributed by atoms with E-state index in [1.807, 2.05) is 6.07 Å². The summed E-state index contributed by atoms with van der Waals surface area (Å²) < 4.78 is 13.6. The maximum atomic E-state index is 13.6. The van der Waals surface area contributed by atoms with Crippen LogP contribution in [0.25, 0.3) is 0 Å². The van der Waals surface area contributed by atoms with E-state index in [4.69, 9.17) is 5.73 Å². The quantitative estimate of drug-likeness (QED) is 0.806. The second kappa shape index (κ2) is 6.30. The molecule has 0 aromatic heterocycles. The molecule has 1 aliphatic carbocycles. The first kappa shape index (κ1) is 13.5. The first-order valence-corrected chi connectivity index (χ1v) is 6.93. The molecule has 1 aromatic rings. The molecule has 18 heavy (non-hydrogen) atoms. The van der Waals surface area contributed by atoms with Crippen molar-refractivity contribution in [3.63, 3.8) is 0 Å². The van der Waals surface area contributed by atoms with Gasteiger partial charge < -0.3 is 10.6 Å². The number of benzene rings is 1. The lowest BCUT2D eigenvalue weighted by Gasteiger charge is -2.22. The Balaban J connectivity index is 1.82. The Morgan fingerprint density at radius 3 is 2.72 bits per heavy atom. The van der Waals surface area contributed by atoms with E-state index in [9.17, 15) is 4.39 Å². The number of nitrogens with two attached hydrogens (primary N) is 1. The summed E-state index contributed by atoms with van der Waals surface area (Å²) in [5, 5.41) is 0. The van der Waals surface area contributed by atoms with E-state index in [2.05, 4.69) is 11.8 Å². The van der Waals surface area contributed by atoms with E-state index in [1.54, 1.807) is 12.1 Å². The Morgan fingerprint density at radius 1 is 1.39 bits per heavy atom. The average molecular weight is 250 g/mol. The zero-order valence-corrected chi connectivity index (χ0v) is 11.1. The molecule has 0 amide bonds. The van der Waals surface area contributed by atoms with Gasteiger partial charge in [0.25, 0.3) is 0 Å². The van der Waals surface area contributed by atoms with Crippen molar-refractivity contribution in [3.05, 3.63) is 35.6 Å². The average Bonchev–Trinajstić information content (AvgIpc) is 3.18. The van der Waals surface area contributed by atoms with Gasteiger partial charge in [-0.15, -0.1) is 0 Å². The normalized spacial score (nSPS) is 17.1. The van der Waals surface area contributed by atoms with E-state index in [0.717, 1.165) is 25.4 Å². The smallest absolute Gasteiger partial charge is 0.127 e. The van der Waals surface area contributed by atoms with Gasteiger partial charge in [0.1, 0.15) is 5.82 Å². The van der Waals surface area contributed by atoms with Crippen LogP contribution in [-0.2, 0) is 0 Å². The minimum Gasteiger partial charge on any atom is -0.324 e. The number of hydrogen-bond acceptors (Lipinski definition) is 2. The van der Waals surface area contributed by atoms with Crippen LogP contribution in [0.15, 0.2) is 24.3 Å². The number of nitrogens with zero attached hydrogens (tertiary/aromatic N) is 1. The predicted octanol–water partition coefficient (Wildman–Crippen LogP) is 2.95. The lowest BCUT2D eigenvalue weighted by Crippen LogP contribution is -2.29. The maximum absolute atomic E-state index is 13.6. The summed E-state index contributed by atoms with van der Waals surface area (Å²) in [6.07, 6.45) is 3.56.